The molecule has 0 bridgehead atoms. The molecule has 112 valence electrons. The van der Waals surface area contributed by atoms with E-state index < -0.39 is 15.8 Å². The summed E-state index contributed by atoms with van der Waals surface area (Å²) >= 11 is 0. The number of carboxylic acids is 1. The predicted molar refractivity (Wildman–Crippen MR) is 79.5 cm³/mol. The van der Waals surface area contributed by atoms with Gasteiger partial charge < -0.3 is 10.4 Å². The van der Waals surface area contributed by atoms with Crippen LogP contribution in [0.25, 0.3) is 0 Å². The molecule has 6 heteroatoms. The van der Waals surface area contributed by atoms with Gasteiger partial charge in [0.05, 0.1) is 12.2 Å². The van der Waals surface area contributed by atoms with Crippen LogP contribution in [0.2, 0.25) is 0 Å². The molecule has 20 heavy (non-hydrogen) atoms. The van der Waals surface area contributed by atoms with Crippen LogP contribution in [0, 0.1) is 5.41 Å². The third-order valence-corrected chi connectivity index (χ3v) is 3.61. The second-order valence-electron chi connectivity index (χ2n) is 5.86. The smallest absolute Gasteiger partial charge is 0.303 e. The highest BCUT2D eigenvalue weighted by Crippen LogP contribution is 2.22. The lowest BCUT2D eigenvalue weighted by atomic mass is 9.89. The highest BCUT2D eigenvalue weighted by molar-refractivity contribution is 7.89. The van der Waals surface area contributed by atoms with Crippen molar-refractivity contribution in [2.24, 2.45) is 5.41 Å². The van der Waals surface area contributed by atoms with Crippen LogP contribution < -0.4 is 5.32 Å². The lowest BCUT2D eigenvalue weighted by molar-refractivity contribution is -0.139. The zero-order chi connectivity index (χ0) is 15.4. The molecule has 5 nitrogen and oxygen atoms in total. The van der Waals surface area contributed by atoms with Gasteiger partial charge in [-0.15, -0.1) is 0 Å². The van der Waals surface area contributed by atoms with Crippen LogP contribution in [0.5, 0.6) is 0 Å². The van der Waals surface area contributed by atoms with Crippen molar-refractivity contribution in [3.63, 3.8) is 0 Å². The van der Waals surface area contributed by atoms with Crippen LogP contribution in [0.4, 0.5) is 5.69 Å². The first-order chi connectivity index (χ1) is 9.07. The monoisotopic (exact) mass is 299 g/mol. The average Bonchev–Trinajstić information content (AvgIpc) is 2.23. The number of carbonyl (C=O) groups is 1. The summed E-state index contributed by atoms with van der Waals surface area (Å²) in [7, 11) is -3.06. The number of hydrogen-bond donors (Lipinski definition) is 2. The van der Waals surface area contributed by atoms with Gasteiger partial charge in [-0.1, -0.05) is 26.0 Å². The minimum absolute atomic E-state index is 0.00103. The van der Waals surface area contributed by atoms with Gasteiger partial charge in [-0.3, -0.25) is 4.79 Å². The third-order valence-electron chi connectivity index (χ3n) is 2.76. The Hall–Kier alpha value is -1.56. The number of nitrogens with one attached hydrogen (secondary N) is 1. The molecular weight excluding hydrogens is 278 g/mol. The normalized spacial score (nSPS) is 12.2. The van der Waals surface area contributed by atoms with E-state index in [9.17, 15) is 13.2 Å². The minimum atomic E-state index is -3.06. The van der Waals surface area contributed by atoms with Gasteiger partial charge in [-0.2, -0.15) is 0 Å². The van der Waals surface area contributed by atoms with Crippen LogP contribution in [0.15, 0.2) is 24.3 Å². The Morgan fingerprint density at radius 1 is 1.35 bits per heavy atom. The van der Waals surface area contributed by atoms with Crippen molar-refractivity contribution >= 4 is 21.5 Å². The van der Waals surface area contributed by atoms with Gasteiger partial charge in [-0.25, -0.2) is 8.42 Å². The lowest BCUT2D eigenvalue weighted by Gasteiger charge is -2.23. The number of benzene rings is 1. The van der Waals surface area contributed by atoms with Crippen LogP contribution >= 0.6 is 0 Å². The zero-order valence-electron chi connectivity index (χ0n) is 12.0. The van der Waals surface area contributed by atoms with Gasteiger partial charge in [0.25, 0.3) is 0 Å². The van der Waals surface area contributed by atoms with Crippen LogP contribution in [-0.2, 0) is 20.4 Å². The molecule has 0 saturated heterocycles. The van der Waals surface area contributed by atoms with Gasteiger partial charge in [0, 0.05) is 18.5 Å². The van der Waals surface area contributed by atoms with E-state index in [0.717, 1.165) is 5.69 Å². The molecular formula is C14H21NO4S. The largest absolute Gasteiger partial charge is 0.481 e. The van der Waals surface area contributed by atoms with Crippen LogP contribution in [-0.4, -0.2) is 32.3 Å². The maximum absolute atomic E-state index is 11.3. The molecule has 0 aromatic heterocycles. The molecule has 0 atom stereocenters. The van der Waals surface area contributed by atoms with E-state index in [2.05, 4.69) is 5.32 Å². The number of aliphatic carboxylic acids is 1. The highest BCUT2D eigenvalue weighted by Gasteiger charge is 2.21. The second kappa shape index (κ2) is 6.26. The summed E-state index contributed by atoms with van der Waals surface area (Å²) in [4.78, 5) is 10.7. The van der Waals surface area contributed by atoms with Gasteiger partial charge in [0.1, 0.15) is 0 Å². The molecule has 1 aromatic carbocycles. The van der Waals surface area contributed by atoms with Crippen molar-refractivity contribution in [1.82, 2.24) is 0 Å². The molecule has 0 heterocycles. The van der Waals surface area contributed by atoms with E-state index >= 15 is 0 Å². The Bertz CT molecular complexity index is 579. The third kappa shape index (κ3) is 6.56. The van der Waals surface area contributed by atoms with Crippen molar-refractivity contribution in [3.8, 4) is 0 Å². The van der Waals surface area contributed by atoms with E-state index in [1.165, 1.54) is 6.26 Å². The summed E-state index contributed by atoms with van der Waals surface area (Å²) in [5.74, 6) is -0.830. The number of sulfone groups is 1. The van der Waals surface area contributed by atoms with E-state index in [-0.39, 0.29) is 17.6 Å². The minimum Gasteiger partial charge on any atom is -0.481 e. The first-order valence-corrected chi connectivity index (χ1v) is 8.36. The maximum Gasteiger partial charge on any atom is 0.303 e. The number of anilines is 1. The highest BCUT2D eigenvalue weighted by atomic mass is 32.2. The van der Waals surface area contributed by atoms with Gasteiger partial charge >= 0.3 is 5.97 Å². The van der Waals surface area contributed by atoms with E-state index in [1.54, 1.807) is 18.2 Å². The summed E-state index contributed by atoms with van der Waals surface area (Å²) in [6, 6.07) is 7.15. The average molecular weight is 299 g/mol. The molecule has 0 fully saturated rings. The van der Waals surface area contributed by atoms with Gasteiger partial charge in [-0.05, 0) is 23.1 Å². The molecule has 0 aliphatic heterocycles. The van der Waals surface area contributed by atoms with E-state index in [1.807, 2.05) is 19.9 Å². The molecule has 0 spiro atoms. The molecule has 0 aliphatic rings. The molecule has 0 radical (unpaired) electrons. The molecule has 0 unspecified atom stereocenters. The van der Waals surface area contributed by atoms with Gasteiger partial charge in [0.2, 0.25) is 0 Å². The second-order valence-corrected chi connectivity index (χ2v) is 8.00. The molecule has 0 saturated carbocycles. The maximum atomic E-state index is 11.3. The molecule has 0 aliphatic carbocycles. The fraction of sp³-hybridized carbons (Fsp3) is 0.500. The fourth-order valence-electron chi connectivity index (χ4n) is 1.89. The number of carboxylic acid groups (broad SMARTS) is 1. The Kier molecular flexibility index (Phi) is 5.16. The molecule has 1 rings (SSSR count). The summed E-state index contributed by atoms with van der Waals surface area (Å²) in [6.07, 6.45) is 1.27. The SMILES string of the molecule is CC(C)(CNc1cccc(CS(C)(=O)=O)c1)CC(=O)O. The quantitative estimate of drug-likeness (QED) is 0.806. The Labute approximate surface area is 119 Å². The van der Waals surface area contributed by atoms with Gasteiger partial charge in [0.15, 0.2) is 9.84 Å². The van der Waals surface area contributed by atoms with Crippen molar-refractivity contribution in [2.45, 2.75) is 26.0 Å². The number of hydrogen-bond acceptors (Lipinski definition) is 4. The summed E-state index contributed by atoms with van der Waals surface area (Å²) in [5, 5.41) is 12.0. The fourth-order valence-corrected chi connectivity index (χ4v) is 2.67. The van der Waals surface area contributed by atoms with Crippen molar-refractivity contribution in [3.05, 3.63) is 29.8 Å². The summed E-state index contributed by atoms with van der Waals surface area (Å²) in [5.41, 5.74) is 1.14. The van der Waals surface area contributed by atoms with Crippen molar-refractivity contribution in [1.29, 1.82) is 0 Å². The van der Waals surface area contributed by atoms with E-state index in [4.69, 9.17) is 5.11 Å². The van der Waals surface area contributed by atoms with Crippen LogP contribution in [0.1, 0.15) is 25.8 Å². The van der Waals surface area contributed by atoms with Crippen LogP contribution in [0.3, 0.4) is 0 Å². The first-order valence-electron chi connectivity index (χ1n) is 6.30. The summed E-state index contributed by atoms with van der Waals surface area (Å²) < 4.78 is 22.5. The Morgan fingerprint density at radius 3 is 2.55 bits per heavy atom. The van der Waals surface area contributed by atoms with Crippen molar-refractivity contribution < 1.29 is 18.3 Å². The molecule has 0 amide bonds. The lowest BCUT2D eigenvalue weighted by Crippen LogP contribution is -2.26. The predicted octanol–water partition coefficient (Wildman–Crippen LogP) is 2.14. The molecule has 2 N–H and O–H groups in total. The van der Waals surface area contributed by atoms with Crippen molar-refractivity contribution in [2.75, 3.05) is 18.1 Å². The summed E-state index contributed by atoms with van der Waals surface area (Å²) in [6.45, 7) is 4.24. The zero-order valence-corrected chi connectivity index (χ0v) is 12.8. The topological polar surface area (TPSA) is 83.5 Å². The molecule has 1 aromatic rings. The Morgan fingerprint density at radius 2 is 2.00 bits per heavy atom. The Balaban J connectivity index is 2.69. The standard InChI is InChI=1S/C14H21NO4S/c1-14(2,8-13(16)17)10-15-12-6-4-5-11(7-12)9-20(3,18)19/h4-7,15H,8-10H2,1-3H3,(H,16,17). The first kappa shape index (κ1) is 16.5. The van der Waals surface area contributed by atoms with E-state index in [0.29, 0.717) is 12.1 Å². The number of rotatable bonds is 7.